The molecule has 2 heterocycles. The number of pyridine rings is 1. The highest BCUT2D eigenvalue weighted by atomic mass is 16.2. The SMILES string of the molecule is CC(C)(C)c1ccc(N(C(=O)[C@H]2CCCN2)C(C(=O)NC2CCCC2)c2cccnc2)cc1. The van der Waals surface area contributed by atoms with Gasteiger partial charge < -0.3 is 10.6 Å². The van der Waals surface area contributed by atoms with E-state index in [2.05, 4.69) is 48.5 Å². The first-order valence-corrected chi connectivity index (χ1v) is 12.2. The highest BCUT2D eigenvalue weighted by Gasteiger charge is 2.38. The molecule has 0 radical (unpaired) electrons. The summed E-state index contributed by atoms with van der Waals surface area (Å²) < 4.78 is 0. The predicted octanol–water partition coefficient (Wildman–Crippen LogP) is 4.26. The number of amides is 2. The second-order valence-corrected chi connectivity index (χ2v) is 10.3. The molecule has 2 amide bonds. The number of aromatic nitrogens is 1. The summed E-state index contributed by atoms with van der Waals surface area (Å²) in [5.41, 5.74) is 2.64. The lowest BCUT2D eigenvalue weighted by Crippen LogP contribution is -2.51. The van der Waals surface area contributed by atoms with Crippen LogP contribution in [-0.2, 0) is 15.0 Å². The molecule has 2 fully saturated rings. The fourth-order valence-corrected chi connectivity index (χ4v) is 4.89. The Hall–Kier alpha value is -2.73. The highest BCUT2D eigenvalue weighted by molar-refractivity contribution is 6.03. The maximum atomic E-state index is 13.8. The van der Waals surface area contributed by atoms with Gasteiger partial charge >= 0.3 is 0 Å². The highest BCUT2D eigenvalue weighted by Crippen LogP contribution is 2.32. The molecule has 2 aliphatic rings. The second-order valence-electron chi connectivity index (χ2n) is 10.3. The number of carbonyl (C=O) groups is 2. The van der Waals surface area contributed by atoms with Crippen molar-refractivity contribution in [1.29, 1.82) is 0 Å². The van der Waals surface area contributed by atoms with Crippen molar-refractivity contribution < 1.29 is 9.59 Å². The Morgan fingerprint density at radius 1 is 1.06 bits per heavy atom. The number of nitrogens with zero attached hydrogens (tertiary/aromatic N) is 2. The summed E-state index contributed by atoms with van der Waals surface area (Å²) >= 11 is 0. The maximum absolute atomic E-state index is 13.8. The zero-order chi connectivity index (χ0) is 23.4. The van der Waals surface area contributed by atoms with Crippen molar-refractivity contribution in [3.63, 3.8) is 0 Å². The number of rotatable bonds is 6. The van der Waals surface area contributed by atoms with Crippen LogP contribution in [0.3, 0.4) is 0 Å². The number of nitrogens with one attached hydrogen (secondary N) is 2. The Morgan fingerprint density at radius 2 is 1.79 bits per heavy atom. The van der Waals surface area contributed by atoms with Gasteiger partial charge in [0.25, 0.3) is 0 Å². The van der Waals surface area contributed by atoms with Gasteiger partial charge in [0.2, 0.25) is 11.8 Å². The number of anilines is 1. The van der Waals surface area contributed by atoms with Crippen LogP contribution in [0.4, 0.5) is 5.69 Å². The molecule has 1 saturated heterocycles. The van der Waals surface area contributed by atoms with Crippen LogP contribution in [0.1, 0.15) is 76.5 Å². The molecule has 1 saturated carbocycles. The van der Waals surface area contributed by atoms with E-state index in [0.717, 1.165) is 56.3 Å². The number of hydrogen-bond acceptors (Lipinski definition) is 4. The number of carbonyl (C=O) groups excluding carboxylic acids is 2. The van der Waals surface area contributed by atoms with Crippen LogP contribution < -0.4 is 15.5 Å². The van der Waals surface area contributed by atoms with E-state index in [1.807, 2.05) is 24.3 Å². The van der Waals surface area contributed by atoms with Gasteiger partial charge in [-0.1, -0.05) is 51.8 Å². The Kier molecular flexibility index (Phi) is 7.13. The first-order valence-electron chi connectivity index (χ1n) is 12.2. The van der Waals surface area contributed by atoms with E-state index in [4.69, 9.17) is 0 Å². The van der Waals surface area contributed by atoms with E-state index in [1.54, 1.807) is 17.3 Å². The van der Waals surface area contributed by atoms with Crippen molar-refractivity contribution in [3.8, 4) is 0 Å². The van der Waals surface area contributed by atoms with Crippen molar-refractivity contribution >= 4 is 17.5 Å². The summed E-state index contributed by atoms with van der Waals surface area (Å²) in [5.74, 6) is -0.201. The minimum absolute atomic E-state index is 0.00295. The van der Waals surface area contributed by atoms with E-state index < -0.39 is 6.04 Å². The molecule has 0 spiro atoms. The summed E-state index contributed by atoms with van der Waals surface area (Å²) in [7, 11) is 0. The lowest BCUT2D eigenvalue weighted by molar-refractivity contribution is -0.127. The van der Waals surface area contributed by atoms with Gasteiger partial charge in [-0.2, -0.15) is 0 Å². The van der Waals surface area contributed by atoms with Crippen LogP contribution in [0.25, 0.3) is 0 Å². The van der Waals surface area contributed by atoms with Crippen LogP contribution in [-0.4, -0.2) is 35.4 Å². The first-order chi connectivity index (χ1) is 15.8. The van der Waals surface area contributed by atoms with Gasteiger partial charge in [-0.25, -0.2) is 0 Å². The number of hydrogen-bond donors (Lipinski definition) is 2. The van der Waals surface area contributed by atoms with Gasteiger partial charge in [-0.05, 0) is 61.4 Å². The predicted molar refractivity (Wildman–Crippen MR) is 131 cm³/mol. The molecule has 2 N–H and O–H groups in total. The minimum Gasteiger partial charge on any atom is -0.351 e. The van der Waals surface area contributed by atoms with E-state index in [-0.39, 0.29) is 29.3 Å². The zero-order valence-electron chi connectivity index (χ0n) is 20.0. The molecule has 1 aliphatic carbocycles. The summed E-state index contributed by atoms with van der Waals surface area (Å²) in [6.45, 7) is 7.32. The molecule has 2 atom stereocenters. The van der Waals surface area contributed by atoms with Gasteiger partial charge in [0.05, 0.1) is 6.04 Å². The summed E-state index contributed by atoms with van der Waals surface area (Å²) in [6, 6.07) is 10.9. The molecule has 6 nitrogen and oxygen atoms in total. The Labute approximate surface area is 197 Å². The molecule has 33 heavy (non-hydrogen) atoms. The van der Waals surface area contributed by atoms with Gasteiger partial charge in [0, 0.05) is 29.7 Å². The fourth-order valence-electron chi connectivity index (χ4n) is 4.89. The lowest BCUT2D eigenvalue weighted by Gasteiger charge is -2.34. The molecule has 1 unspecified atom stereocenters. The average Bonchev–Trinajstić information content (AvgIpc) is 3.51. The smallest absolute Gasteiger partial charge is 0.248 e. The Morgan fingerprint density at radius 3 is 2.36 bits per heavy atom. The van der Waals surface area contributed by atoms with Crippen molar-refractivity contribution in [2.24, 2.45) is 0 Å². The monoisotopic (exact) mass is 448 g/mol. The molecule has 0 bridgehead atoms. The van der Waals surface area contributed by atoms with Crippen molar-refractivity contribution in [1.82, 2.24) is 15.6 Å². The molecule has 1 aromatic carbocycles. The van der Waals surface area contributed by atoms with Crippen LogP contribution >= 0.6 is 0 Å². The molecule has 6 heteroatoms. The molecular formula is C27H36N4O2. The maximum Gasteiger partial charge on any atom is 0.248 e. The fraction of sp³-hybridized carbons (Fsp3) is 0.519. The van der Waals surface area contributed by atoms with Gasteiger partial charge in [-0.3, -0.25) is 19.5 Å². The largest absolute Gasteiger partial charge is 0.351 e. The minimum atomic E-state index is -0.769. The van der Waals surface area contributed by atoms with E-state index in [0.29, 0.717) is 0 Å². The first kappa shape index (κ1) is 23.4. The van der Waals surface area contributed by atoms with Crippen LogP contribution in [0.5, 0.6) is 0 Å². The third-order valence-corrected chi connectivity index (χ3v) is 6.82. The van der Waals surface area contributed by atoms with E-state index >= 15 is 0 Å². The topological polar surface area (TPSA) is 74.3 Å². The van der Waals surface area contributed by atoms with Crippen molar-refractivity contribution in [2.45, 2.75) is 82.8 Å². The molecule has 1 aromatic heterocycles. The second kappa shape index (κ2) is 10.0. The van der Waals surface area contributed by atoms with Crippen LogP contribution in [0.15, 0.2) is 48.8 Å². The molecule has 1 aliphatic heterocycles. The Balaban J connectivity index is 1.75. The molecular weight excluding hydrogens is 412 g/mol. The summed E-state index contributed by atoms with van der Waals surface area (Å²) in [5, 5.41) is 6.55. The standard InChI is InChI=1S/C27H36N4O2/c1-27(2,3)20-12-14-22(15-13-20)31(26(33)23-11-7-17-29-23)24(19-8-6-16-28-18-19)25(32)30-21-9-4-5-10-21/h6,8,12-16,18,21,23-24,29H,4-5,7,9-11,17H2,1-3H3,(H,30,32)/t23-,24?/m1/s1. The van der Waals surface area contributed by atoms with E-state index in [1.165, 1.54) is 5.56 Å². The van der Waals surface area contributed by atoms with Crippen LogP contribution in [0, 0.1) is 0 Å². The van der Waals surface area contributed by atoms with E-state index in [9.17, 15) is 9.59 Å². The van der Waals surface area contributed by atoms with Gasteiger partial charge in [-0.15, -0.1) is 0 Å². The molecule has 2 aromatic rings. The normalized spacial score (nSPS) is 19.9. The van der Waals surface area contributed by atoms with Gasteiger partial charge in [0.1, 0.15) is 6.04 Å². The molecule has 4 rings (SSSR count). The Bertz CT molecular complexity index is 940. The summed E-state index contributed by atoms with van der Waals surface area (Å²) in [4.78, 5) is 33.5. The lowest BCUT2D eigenvalue weighted by atomic mass is 9.87. The average molecular weight is 449 g/mol. The van der Waals surface area contributed by atoms with Crippen molar-refractivity contribution in [2.75, 3.05) is 11.4 Å². The quantitative estimate of drug-likeness (QED) is 0.692. The third-order valence-electron chi connectivity index (χ3n) is 6.82. The van der Waals surface area contributed by atoms with Gasteiger partial charge in [0.15, 0.2) is 0 Å². The van der Waals surface area contributed by atoms with Crippen LogP contribution in [0.2, 0.25) is 0 Å². The number of benzene rings is 1. The van der Waals surface area contributed by atoms with Crippen molar-refractivity contribution in [3.05, 3.63) is 59.9 Å². The zero-order valence-corrected chi connectivity index (χ0v) is 20.0. The third kappa shape index (κ3) is 5.44. The summed E-state index contributed by atoms with van der Waals surface area (Å²) in [6.07, 6.45) is 9.37. The molecule has 176 valence electrons.